The van der Waals surface area contributed by atoms with Crippen molar-refractivity contribution in [2.45, 2.75) is 25.3 Å². The quantitative estimate of drug-likeness (QED) is 0.922. The Hall–Kier alpha value is -1.59. The highest BCUT2D eigenvalue weighted by Gasteiger charge is 2.25. The van der Waals surface area contributed by atoms with Crippen LogP contribution in [0.2, 0.25) is 0 Å². The largest absolute Gasteiger partial charge is 0.468 e. The van der Waals surface area contributed by atoms with E-state index in [2.05, 4.69) is 10.2 Å². The van der Waals surface area contributed by atoms with Crippen molar-refractivity contribution in [2.24, 2.45) is 0 Å². The van der Waals surface area contributed by atoms with E-state index in [1.165, 1.54) is 30.6 Å². The van der Waals surface area contributed by atoms with E-state index in [0.717, 1.165) is 23.7 Å². The zero-order chi connectivity index (χ0) is 14.5. The topological polar surface area (TPSA) is 45.5 Å². The summed E-state index contributed by atoms with van der Waals surface area (Å²) in [6.07, 6.45) is 5.43. The van der Waals surface area contributed by atoms with Gasteiger partial charge in [-0.25, -0.2) is 0 Å². The lowest BCUT2D eigenvalue weighted by molar-refractivity contribution is 0.0918. The Balaban J connectivity index is 1.66. The molecule has 1 fully saturated rings. The fraction of sp³-hybridized carbons (Fsp3) is 0.438. The number of hydrogen-bond acceptors (Lipinski definition) is 4. The van der Waals surface area contributed by atoms with Crippen LogP contribution >= 0.6 is 11.3 Å². The van der Waals surface area contributed by atoms with Gasteiger partial charge in [-0.3, -0.25) is 9.69 Å². The molecule has 3 rings (SSSR count). The molecule has 0 radical (unpaired) electrons. The summed E-state index contributed by atoms with van der Waals surface area (Å²) in [5.74, 6) is 0.932. The SMILES string of the molecule is O=C(NC[C@H](c1ccco1)N1CCCCC1)c1cccs1. The van der Waals surface area contributed by atoms with Gasteiger partial charge in [-0.15, -0.1) is 11.3 Å². The van der Waals surface area contributed by atoms with Crippen molar-refractivity contribution in [1.82, 2.24) is 10.2 Å². The van der Waals surface area contributed by atoms with Crippen molar-refractivity contribution in [3.05, 3.63) is 46.5 Å². The number of amides is 1. The minimum absolute atomic E-state index is 0.00133. The molecule has 5 heteroatoms. The lowest BCUT2D eigenvalue weighted by atomic mass is 10.1. The van der Waals surface area contributed by atoms with Crippen LogP contribution in [-0.2, 0) is 0 Å². The fourth-order valence-corrected chi connectivity index (χ4v) is 3.44. The minimum atomic E-state index is -0.00133. The first kappa shape index (κ1) is 14.4. The Morgan fingerprint density at radius 1 is 1.29 bits per heavy atom. The average Bonchev–Trinajstić information content (AvgIpc) is 3.22. The van der Waals surface area contributed by atoms with Crippen LogP contribution in [0.3, 0.4) is 0 Å². The van der Waals surface area contributed by atoms with Gasteiger partial charge in [0.1, 0.15) is 5.76 Å². The molecule has 112 valence electrons. The summed E-state index contributed by atoms with van der Waals surface area (Å²) in [6, 6.07) is 7.78. The van der Waals surface area contributed by atoms with Gasteiger partial charge in [0.15, 0.2) is 0 Å². The second-order valence-corrected chi connectivity index (χ2v) is 6.26. The molecule has 0 aliphatic carbocycles. The molecular formula is C16H20N2O2S. The monoisotopic (exact) mass is 304 g/mol. The molecule has 1 aliphatic heterocycles. The second-order valence-electron chi connectivity index (χ2n) is 5.32. The highest BCUT2D eigenvalue weighted by molar-refractivity contribution is 7.12. The first-order valence-electron chi connectivity index (χ1n) is 7.44. The van der Waals surface area contributed by atoms with Crippen LogP contribution < -0.4 is 5.32 Å². The predicted molar refractivity (Wildman–Crippen MR) is 83.5 cm³/mol. The third kappa shape index (κ3) is 3.54. The summed E-state index contributed by atoms with van der Waals surface area (Å²) < 4.78 is 5.58. The summed E-state index contributed by atoms with van der Waals surface area (Å²) in [6.45, 7) is 2.73. The third-order valence-electron chi connectivity index (χ3n) is 3.90. The van der Waals surface area contributed by atoms with Crippen LogP contribution in [0.4, 0.5) is 0 Å². The summed E-state index contributed by atoms with van der Waals surface area (Å²) in [5.41, 5.74) is 0. The maximum absolute atomic E-state index is 12.1. The maximum Gasteiger partial charge on any atom is 0.261 e. The summed E-state index contributed by atoms with van der Waals surface area (Å²) in [5, 5.41) is 4.96. The second kappa shape index (κ2) is 6.91. The number of furan rings is 1. The van der Waals surface area contributed by atoms with Crippen molar-refractivity contribution in [1.29, 1.82) is 0 Å². The molecule has 1 N–H and O–H groups in total. The Morgan fingerprint density at radius 3 is 2.81 bits per heavy atom. The van der Waals surface area contributed by atoms with E-state index in [9.17, 15) is 4.79 Å². The summed E-state index contributed by atoms with van der Waals surface area (Å²) in [7, 11) is 0. The van der Waals surface area contributed by atoms with Crippen LogP contribution in [0.15, 0.2) is 40.3 Å². The Bertz CT molecular complexity index is 545. The number of hydrogen-bond donors (Lipinski definition) is 1. The van der Waals surface area contributed by atoms with Gasteiger partial charge in [-0.2, -0.15) is 0 Å². The minimum Gasteiger partial charge on any atom is -0.468 e. The molecule has 1 atom stereocenters. The lowest BCUT2D eigenvalue weighted by Crippen LogP contribution is -2.40. The average molecular weight is 304 g/mol. The van der Waals surface area contributed by atoms with Crippen LogP contribution in [-0.4, -0.2) is 30.4 Å². The fourth-order valence-electron chi connectivity index (χ4n) is 2.80. The van der Waals surface area contributed by atoms with Gasteiger partial charge in [-0.05, 0) is 49.5 Å². The van der Waals surface area contributed by atoms with Crippen molar-refractivity contribution < 1.29 is 9.21 Å². The Labute approximate surface area is 128 Å². The zero-order valence-corrected chi connectivity index (χ0v) is 12.8. The van der Waals surface area contributed by atoms with E-state index >= 15 is 0 Å². The first-order chi connectivity index (χ1) is 10.3. The van der Waals surface area contributed by atoms with Gasteiger partial charge in [0.25, 0.3) is 5.91 Å². The lowest BCUT2D eigenvalue weighted by Gasteiger charge is -2.33. The molecular weight excluding hydrogens is 284 g/mol. The molecule has 4 nitrogen and oxygen atoms in total. The predicted octanol–water partition coefficient (Wildman–Crippen LogP) is 3.30. The number of piperidine rings is 1. The molecule has 1 amide bonds. The number of nitrogens with zero attached hydrogens (tertiary/aromatic N) is 1. The van der Waals surface area contributed by atoms with E-state index in [1.807, 2.05) is 29.6 Å². The number of carbonyl (C=O) groups is 1. The standard InChI is InChI=1S/C16H20N2O2S/c19-16(15-7-5-11-21-15)17-12-13(14-6-4-10-20-14)18-8-2-1-3-9-18/h4-7,10-11,13H,1-3,8-9,12H2,(H,17,19)/t13-/m1/s1. The van der Waals surface area contributed by atoms with E-state index in [0.29, 0.717) is 6.54 Å². The van der Waals surface area contributed by atoms with E-state index in [4.69, 9.17) is 4.42 Å². The molecule has 0 saturated carbocycles. The molecule has 0 aromatic carbocycles. The van der Waals surface area contributed by atoms with E-state index < -0.39 is 0 Å². The smallest absolute Gasteiger partial charge is 0.261 e. The van der Waals surface area contributed by atoms with Gasteiger partial charge in [-0.1, -0.05) is 12.5 Å². The van der Waals surface area contributed by atoms with Crippen molar-refractivity contribution in [3.63, 3.8) is 0 Å². The molecule has 1 saturated heterocycles. The van der Waals surface area contributed by atoms with Gasteiger partial charge >= 0.3 is 0 Å². The van der Waals surface area contributed by atoms with Crippen LogP contribution in [0, 0.1) is 0 Å². The first-order valence-corrected chi connectivity index (χ1v) is 8.32. The molecule has 2 aromatic rings. The number of carbonyl (C=O) groups excluding carboxylic acids is 1. The Morgan fingerprint density at radius 2 is 2.14 bits per heavy atom. The normalized spacial score (nSPS) is 17.5. The molecule has 0 spiro atoms. The Kier molecular flexibility index (Phi) is 4.72. The molecule has 0 bridgehead atoms. The third-order valence-corrected chi connectivity index (χ3v) is 4.77. The van der Waals surface area contributed by atoms with Gasteiger partial charge in [0, 0.05) is 6.54 Å². The van der Waals surface area contributed by atoms with Crippen molar-refractivity contribution >= 4 is 17.2 Å². The van der Waals surface area contributed by atoms with Crippen LogP contribution in [0.1, 0.15) is 40.7 Å². The number of thiophene rings is 1. The molecule has 3 heterocycles. The van der Waals surface area contributed by atoms with E-state index in [1.54, 1.807) is 6.26 Å². The molecule has 0 unspecified atom stereocenters. The van der Waals surface area contributed by atoms with Crippen molar-refractivity contribution in [2.75, 3.05) is 19.6 Å². The van der Waals surface area contributed by atoms with Gasteiger partial charge in [0.05, 0.1) is 17.2 Å². The molecule has 2 aromatic heterocycles. The number of rotatable bonds is 5. The van der Waals surface area contributed by atoms with E-state index in [-0.39, 0.29) is 11.9 Å². The molecule has 21 heavy (non-hydrogen) atoms. The van der Waals surface area contributed by atoms with Crippen LogP contribution in [0.5, 0.6) is 0 Å². The van der Waals surface area contributed by atoms with Gasteiger partial charge < -0.3 is 9.73 Å². The number of likely N-dealkylation sites (tertiary alicyclic amines) is 1. The summed E-state index contributed by atoms with van der Waals surface area (Å²) >= 11 is 1.47. The highest BCUT2D eigenvalue weighted by Crippen LogP contribution is 2.24. The zero-order valence-electron chi connectivity index (χ0n) is 12.0. The highest BCUT2D eigenvalue weighted by atomic mass is 32.1. The number of nitrogens with one attached hydrogen (secondary N) is 1. The van der Waals surface area contributed by atoms with Crippen molar-refractivity contribution in [3.8, 4) is 0 Å². The van der Waals surface area contributed by atoms with Crippen LogP contribution in [0.25, 0.3) is 0 Å². The molecule has 1 aliphatic rings. The van der Waals surface area contributed by atoms with Gasteiger partial charge in [0.2, 0.25) is 0 Å². The maximum atomic E-state index is 12.1. The summed E-state index contributed by atoms with van der Waals surface area (Å²) in [4.78, 5) is 15.3.